The molecular weight excluding hydrogens is 482 g/mol. The number of aryl methyl sites for hydroxylation is 1. The first-order valence-electron chi connectivity index (χ1n) is 12.7. The van der Waals surface area contributed by atoms with Crippen molar-refractivity contribution in [1.82, 2.24) is 4.90 Å². The molecule has 0 aromatic heterocycles. The van der Waals surface area contributed by atoms with Gasteiger partial charge in [0.2, 0.25) is 0 Å². The van der Waals surface area contributed by atoms with Gasteiger partial charge in [-0.25, -0.2) is 4.79 Å². The Kier molecular flexibility index (Phi) is 8.76. The van der Waals surface area contributed by atoms with Crippen LogP contribution >= 0.6 is 0 Å². The highest BCUT2D eigenvalue weighted by molar-refractivity contribution is 6.06. The zero-order chi connectivity index (χ0) is 27.1. The number of para-hydroxylation sites is 1. The Morgan fingerprint density at radius 1 is 0.895 bits per heavy atom. The number of nitrogens with zero attached hydrogens (tertiary/aromatic N) is 2. The van der Waals surface area contributed by atoms with E-state index in [4.69, 9.17) is 9.84 Å². The van der Waals surface area contributed by atoms with E-state index in [9.17, 15) is 14.4 Å². The van der Waals surface area contributed by atoms with Crippen LogP contribution in [0.4, 0.5) is 11.4 Å². The summed E-state index contributed by atoms with van der Waals surface area (Å²) < 4.78 is 5.46. The highest BCUT2D eigenvalue weighted by Gasteiger charge is 2.19. The third kappa shape index (κ3) is 6.98. The second kappa shape index (κ2) is 12.4. The summed E-state index contributed by atoms with van der Waals surface area (Å²) in [5, 5.41) is 12.0. The van der Waals surface area contributed by atoms with Crippen molar-refractivity contribution in [3.8, 4) is 5.75 Å². The van der Waals surface area contributed by atoms with Gasteiger partial charge in [-0.05, 0) is 62.8 Å². The van der Waals surface area contributed by atoms with Crippen LogP contribution in [0.2, 0.25) is 0 Å². The minimum atomic E-state index is -1.14. The fourth-order valence-corrected chi connectivity index (χ4v) is 4.45. The van der Waals surface area contributed by atoms with Gasteiger partial charge in [0.25, 0.3) is 5.91 Å². The maximum Gasteiger partial charge on any atom is 0.341 e. The Balaban J connectivity index is 1.55. The molecule has 8 heteroatoms. The fraction of sp³-hybridized carbons (Fsp3) is 0.300. The van der Waals surface area contributed by atoms with Crippen LogP contribution in [0.5, 0.6) is 5.75 Å². The summed E-state index contributed by atoms with van der Waals surface area (Å²) in [6, 6.07) is 19.7. The summed E-state index contributed by atoms with van der Waals surface area (Å²) >= 11 is 0. The lowest BCUT2D eigenvalue weighted by Crippen LogP contribution is -2.28. The summed E-state index contributed by atoms with van der Waals surface area (Å²) in [5.74, 6) is -1.44. The molecule has 0 spiro atoms. The number of ether oxygens (including phenoxy) is 1. The number of carbonyl (C=O) groups is 3. The van der Waals surface area contributed by atoms with Crippen LogP contribution in [-0.4, -0.2) is 67.5 Å². The minimum absolute atomic E-state index is 0.0191. The van der Waals surface area contributed by atoms with E-state index in [2.05, 4.69) is 22.2 Å². The normalized spacial score (nSPS) is 14.0. The maximum absolute atomic E-state index is 13.2. The summed E-state index contributed by atoms with van der Waals surface area (Å²) in [4.78, 5) is 42.0. The number of hydrogen-bond acceptors (Lipinski definition) is 6. The van der Waals surface area contributed by atoms with Crippen molar-refractivity contribution in [3.63, 3.8) is 0 Å². The number of hydrogen-bond donors (Lipinski definition) is 2. The molecule has 0 aliphatic carbocycles. The standard InChI is InChI=1S/C30H33N3O5/c1-21-7-9-22(10-8-21)26(34)19-24-5-3-6-27(38-20-28(35)36)29(24)31-30(37)23-11-13-25(14-12-23)33-16-4-15-32(2)17-18-33/h3,5-14H,4,15-20H2,1-2H3,(H,31,37)(H,35,36). The zero-order valence-corrected chi connectivity index (χ0v) is 21.8. The third-order valence-corrected chi connectivity index (χ3v) is 6.64. The second-order valence-electron chi connectivity index (χ2n) is 9.58. The number of benzene rings is 3. The lowest BCUT2D eigenvalue weighted by atomic mass is 10.00. The summed E-state index contributed by atoms with van der Waals surface area (Å²) in [6.07, 6.45) is 1.10. The number of carbonyl (C=O) groups excluding carboxylic acids is 2. The largest absolute Gasteiger partial charge is 0.480 e. The van der Waals surface area contributed by atoms with E-state index in [-0.39, 0.29) is 23.9 Å². The van der Waals surface area contributed by atoms with Crippen molar-refractivity contribution in [2.45, 2.75) is 19.8 Å². The van der Waals surface area contributed by atoms with Gasteiger partial charge in [0.1, 0.15) is 5.75 Å². The van der Waals surface area contributed by atoms with Crippen LogP contribution in [0.3, 0.4) is 0 Å². The van der Waals surface area contributed by atoms with Gasteiger partial charge in [0.05, 0.1) is 5.69 Å². The highest BCUT2D eigenvalue weighted by Crippen LogP contribution is 2.31. The topological polar surface area (TPSA) is 99.2 Å². The van der Waals surface area contributed by atoms with Crippen molar-refractivity contribution in [2.75, 3.05) is 50.1 Å². The van der Waals surface area contributed by atoms with Crippen LogP contribution in [-0.2, 0) is 11.2 Å². The summed E-state index contributed by atoms with van der Waals surface area (Å²) in [6.45, 7) is 5.31. The number of Topliss-reactive ketones (excluding diaryl/α,β-unsaturated/α-hetero) is 1. The molecule has 38 heavy (non-hydrogen) atoms. The first-order chi connectivity index (χ1) is 18.3. The van der Waals surface area contributed by atoms with Gasteiger partial charge < -0.3 is 25.0 Å². The predicted molar refractivity (Wildman–Crippen MR) is 148 cm³/mol. The molecule has 3 aromatic rings. The molecule has 0 unspecified atom stereocenters. The molecule has 2 N–H and O–H groups in total. The first kappa shape index (κ1) is 26.9. The van der Waals surface area contributed by atoms with Gasteiger partial charge in [-0.1, -0.05) is 42.0 Å². The average Bonchev–Trinajstić information content (AvgIpc) is 3.13. The Morgan fingerprint density at radius 3 is 2.32 bits per heavy atom. The Bertz CT molecular complexity index is 1290. The van der Waals surface area contributed by atoms with E-state index >= 15 is 0 Å². The number of nitrogens with one attached hydrogen (secondary N) is 1. The van der Waals surface area contributed by atoms with Crippen LogP contribution < -0.4 is 15.0 Å². The SMILES string of the molecule is Cc1ccc(C(=O)Cc2cccc(OCC(=O)O)c2NC(=O)c2ccc(N3CCCN(C)CC3)cc2)cc1. The second-order valence-corrected chi connectivity index (χ2v) is 9.58. The lowest BCUT2D eigenvalue weighted by Gasteiger charge is -2.23. The van der Waals surface area contributed by atoms with Crippen LogP contribution in [0.15, 0.2) is 66.7 Å². The fourth-order valence-electron chi connectivity index (χ4n) is 4.45. The molecule has 1 amide bonds. The Hall–Kier alpha value is -4.17. The van der Waals surface area contributed by atoms with Gasteiger partial charge in [0, 0.05) is 42.9 Å². The number of carboxylic acid groups (broad SMARTS) is 1. The zero-order valence-electron chi connectivity index (χ0n) is 21.8. The van der Waals surface area contributed by atoms with Crippen molar-refractivity contribution in [1.29, 1.82) is 0 Å². The molecule has 8 nitrogen and oxygen atoms in total. The molecule has 1 aliphatic heterocycles. The van der Waals surface area contributed by atoms with E-state index in [0.717, 1.165) is 43.9 Å². The van der Waals surface area contributed by atoms with E-state index in [1.165, 1.54) is 0 Å². The van der Waals surface area contributed by atoms with Crippen molar-refractivity contribution in [3.05, 3.63) is 89.0 Å². The molecule has 1 heterocycles. The first-order valence-corrected chi connectivity index (χ1v) is 12.7. The molecule has 1 saturated heterocycles. The molecule has 3 aromatic carbocycles. The molecule has 0 atom stereocenters. The van der Waals surface area contributed by atoms with E-state index in [1.807, 2.05) is 31.2 Å². The average molecular weight is 516 g/mol. The van der Waals surface area contributed by atoms with Crippen LogP contribution in [0.25, 0.3) is 0 Å². The maximum atomic E-state index is 13.2. The van der Waals surface area contributed by atoms with E-state index in [1.54, 1.807) is 42.5 Å². The number of aliphatic carboxylic acids is 1. The van der Waals surface area contributed by atoms with Crippen molar-refractivity contribution >= 4 is 29.0 Å². The highest BCUT2D eigenvalue weighted by atomic mass is 16.5. The van der Waals surface area contributed by atoms with Gasteiger partial charge >= 0.3 is 5.97 Å². The van der Waals surface area contributed by atoms with Crippen LogP contribution in [0, 0.1) is 6.92 Å². The molecule has 1 aliphatic rings. The summed E-state index contributed by atoms with van der Waals surface area (Å²) in [5.41, 5.74) is 3.94. The summed E-state index contributed by atoms with van der Waals surface area (Å²) in [7, 11) is 2.12. The molecular formula is C30H33N3O5. The molecule has 0 radical (unpaired) electrons. The molecule has 4 rings (SSSR count). The van der Waals surface area contributed by atoms with Gasteiger partial charge in [-0.15, -0.1) is 0 Å². The van der Waals surface area contributed by atoms with Gasteiger partial charge in [-0.2, -0.15) is 0 Å². The Morgan fingerprint density at radius 2 is 1.61 bits per heavy atom. The smallest absolute Gasteiger partial charge is 0.341 e. The molecule has 198 valence electrons. The van der Waals surface area contributed by atoms with Gasteiger partial charge in [-0.3, -0.25) is 9.59 Å². The van der Waals surface area contributed by atoms with Crippen molar-refractivity contribution in [2.24, 2.45) is 0 Å². The van der Waals surface area contributed by atoms with Gasteiger partial charge in [0.15, 0.2) is 12.4 Å². The van der Waals surface area contributed by atoms with E-state index in [0.29, 0.717) is 22.4 Å². The minimum Gasteiger partial charge on any atom is -0.480 e. The molecule has 0 bridgehead atoms. The number of likely N-dealkylation sites (N-methyl/N-ethyl adjacent to an activating group) is 1. The number of amides is 1. The number of rotatable bonds is 9. The lowest BCUT2D eigenvalue weighted by molar-refractivity contribution is -0.139. The quantitative estimate of drug-likeness (QED) is 0.411. The van der Waals surface area contributed by atoms with Crippen molar-refractivity contribution < 1.29 is 24.2 Å². The number of ketones is 1. The van der Waals surface area contributed by atoms with E-state index < -0.39 is 12.6 Å². The number of carboxylic acids is 1. The monoisotopic (exact) mass is 515 g/mol. The molecule has 1 fully saturated rings. The Labute approximate surface area is 222 Å². The van der Waals surface area contributed by atoms with Crippen LogP contribution in [0.1, 0.15) is 38.3 Å². The third-order valence-electron chi connectivity index (χ3n) is 6.64. The predicted octanol–water partition coefficient (Wildman–Crippen LogP) is 4.28. The number of anilines is 2. The molecule has 0 saturated carbocycles.